The molecule has 0 aromatic heterocycles. The van der Waals surface area contributed by atoms with E-state index < -0.39 is 0 Å². The molecule has 0 aromatic rings. The molecule has 4 heteroatoms. The van der Waals surface area contributed by atoms with Gasteiger partial charge in [0.25, 0.3) is 5.91 Å². The van der Waals surface area contributed by atoms with Gasteiger partial charge in [-0.3, -0.25) is 4.79 Å². The highest BCUT2D eigenvalue weighted by atomic mass is 16.5. The number of hydrogen-bond donors (Lipinski definition) is 1. The Kier molecular flexibility index (Phi) is 3.03. The van der Waals surface area contributed by atoms with Gasteiger partial charge in [0.1, 0.15) is 6.10 Å². The summed E-state index contributed by atoms with van der Waals surface area (Å²) in [6, 6.07) is 0.400. The van der Waals surface area contributed by atoms with Crippen molar-refractivity contribution >= 4 is 5.91 Å². The third-order valence-electron chi connectivity index (χ3n) is 3.03. The van der Waals surface area contributed by atoms with Crippen LogP contribution in [0.4, 0.5) is 0 Å². The number of likely N-dealkylation sites (N-methyl/N-ethyl adjacent to an activating group) is 1. The summed E-state index contributed by atoms with van der Waals surface area (Å²) in [5.41, 5.74) is 0. The highest BCUT2D eigenvalue weighted by Crippen LogP contribution is 2.17. The van der Waals surface area contributed by atoms with E-state index in [1.807, 2.05) is 11.8 Å². The fraction of sp³-hybridized carbons (Fsp3) is 0.900. The molecule has 2 fully saturated rings. The summed E-state index contributed by atoms with van der Waals surface area (Å²) >= 11 is 0. The summed E-state index contributed by atoms with van der Waals surface area (Å²) in [5, 5.41) is 3.19. The van der Waals surface area contributed by atoms with Crippen molar-refractivity contribution in [3.8, 4) is 0 Å². The van der Waals surface area contributed by atoms with Crippen LogP contribution in [0.1, 0.15) is 19.8 Å². The van der Waals surface area contributed by atoms with E-state index in [0.717, 1.165) is 39.1 Å². The lowest BCUT2D eigenvalue weighted by molar-refractivity contribution is -0.144. The van der Waals surface area contributed by atoms with Crippen LogP contribution in [0.3, 0.4) is 0 Å². The number of rotatable bonds is 3. The standard InChI is InChI=1S/C10H18N2O2/c1-2-12(8-6-11-7-8)10(13)9-4-3-5-14-9/h8-9,11H,2-7H2,1H3/t9-/m0/s1. The number of hydrogen-bond acceptors (Lipinski definition) is 3. The molecule has 2 rings (SSSR count). The molecule has 4 nitrogen and oxygen atoms in total. The molecule has 2 aliphatic heterocycles. The molecule has 1 amide bonds. The van der Waals surface area contributed by atoms with Crippen molar-refractivity contribution in [1.82, 2.24) is 10.2 Å². The van der Waals surface area contributed by atoms with Gasteiger partial charge in [-0.15, -0.1) is 0 Å². The third kappa shape index (κ3) is 1.77. The highest BCUT2D eigenvalue weighted by Gasteiger charge is 2.33. The molecule has 0 unspecified atom stereocenters. The van der Waals surface area contributed by atoms with Crippen molar-refractivity contribution in [2.75, 3.05) is 26.2 Å². The summed E-state index contributed by atoms with van der Waals surface area (Å²) in [6.45, 7) is 5.45. The van der Waals surface area contributed by atoms with Gasteiger partial charge >= 0.3 is 0 Å². The summed E-state index contributed by atoms with van der Waals surface area (Å²) in [5.74, 6) is 0.191. The van der Waals surface area contributed by atoms with Crippen LogP contribution in [-0.2, 0) is 9.53 Å². The van der Waals surface area contributed by atoms with Crippen LogP contribution in [0.25, 0.3) is 0 Å². The maximum atomic E-state index is 12.0. The fourth-order valence-corrected chi connectivity index (χ4v) is 2.05. The average molecular weight is 198 g/mol. The van der Waals surface area contributed by atoms with Crippen molar-refractivity contribution in [1.29, 1.82) is 0 Å². The molecule has 2 saturated heterocycles. The number of amides is 1. The fourth-order valence-electron chi connectivity index (χ4n) is 2.05. The van der Waals surface area contributed by atoms with Gasteiger partial charge in [0, 0.05) is 26.2 Å². The van der Waals surface area contributed by atoms with Gasteiger partial charge < -0.3 is 15.0 Å². The first kappa shape index (κ1) is 9.93. The molecule has 0 aromatic carbocycles. The Balaban J connectivity index is 1.92. The molecule has 0 spiro atoms. The van der Waals surface area contributed by atoms with E-state index in [9.17, 15) is 4.79 Å². The minimum Gasteiger partial charge on any atom is -0.368 e. The van der Waals surface area contributed by atoms with E-state index in [-0.39, 0.29) is 12.0 Å². The van der Waals surface area contributed by atoms with Crippen molar-refractivity contribution in [3.05, 3.63) is 0 Å². The summed E-state index contributed by atoms with van der Waals surface area (Å²) in [7, 11) is 0. The molecule has 14 heavy (non-hydrogen) atoms. The van der Waals surface area contributed by atoms with Gasteiger partial charge in [-0.05, 0) is 19.8 Å². The van der Waals surface area contributed by atoms with Crippen LogP contribution in [0.15, 0.2) is 0 Å². The summed E-state index contributed by atoms with van der Waals surface area (Å²) < 4.78 is 5.40. The van der Waals surface area contributed by atoms with Crippen LogP contribution in [0.2, 0.25) is 0 Å². The van der Waals surface area contributed by atoms with E-state index in [2.05, 4.69) is 5.32 Å². The molecule has 2 aliphatic rings. The minimum atomic E-state index is -0.157. The zero-order valence-electron chi connectivity index (χ0n) is 8.66. The molecule has 2 heterocycles. The van der Waals surface area contributed by atoms with Crippen molar-refractivity contribution in [2.45, 2.75) is 31.9 Å². The summed E-state index contributed by atoms with van der Waals surface area (Å²) in [6.07, 6.45) is 1.77. The first-order chi connectivity index (χ1) is 6.83. The Bertz CT molecular complexity index is 210. The average Bonchev–Trinajstić information content (AvgIpc) is 2.62. The maximum Gasteiger partial charge on any atom is 0.252 e. The second-order valence-corrected chi connectivity index (χ2v) is 3.94. The third-order valence-corrected chi connectivity index (χ3v) is 3.03. The summed E-state index contributed by atoms with van der Waals surface area (Å²) in [4.78, 5) is 13.9. The van der Waals surface area contributed by atoms with Crippen molar-refractivity contribution < 1.29 is 9.53 Å². The quantitative estimate of drug-likeness (QED) is 0.693. The first-order valence-electron chi connectivity index (χ1n) is 5.45. The number of carbonyl (C=O) groups excluding carboxylic acids is 1. The first-order valence-corrected chi connectivity index (χ1v) is 5.45. The smallest absolute Gasteiger partial charge is 0.252 e. The minimum absolute atomic E-state index is 0.157. The van der Waals surface area contributed by atoms with E-state index in [1.165, 1.54) is 0 Å². The predicted molar refractivity (Wildman–Crippen MR) is 53.0 cm³/mol. The van der Waals surface area contributed by atoms with Gasteiger partial charge in [-0.2, -0.15) is 0 Å². The van der Waals surface area contributed by atoms with Crippen LogP contribution in [0.5, 0.6) is 0 Å². The van der Waals surface area contributed by atoms with Crippen molar-refractivity contribution in [2.24, 2.45) is 0 Å². The number of ether oxygens (including phenoxy) is 1. The molecular formula is C10H18N2O2. The molecule has 80 valence electrons. The molecule has 1 atom stereocenters. The number of nitrogens with zero attached hydrogens (tertiary/aromatic N) is 1. The number of nitrogens with one attached hydrogen (secondary N) is 1. The zero-order chi connectivity index (χ0) is 9.97. The Hall–Kier alpha value is -0.610. The van der Waals surface area contributed by atoms with Gasteiger partial charge in [0.2, 0.25) is 0 Å². The molecule has 0 aliphatic carbocycles. The van der Waals surface area contributed by atoms with Gasteiger partial charge in [0.05, 0.1) is 6.04 Å². The van der Waals surface area contributed by atoms with Gasteiger partial charge in [0.15, 0.2) is 0 Å². The normalized spacial score (nSPS) is 27.4. The van der Waals surface area contributed by atoms with Gasteiger partial charge in [-0.25, -0.2) is 0 Å². The zero-order valence-corrected chi connectivity index (χ0v) is 8.66. The monoisotopic (exact) mass is 198 g/mol. The number of carbonyl (C=O) groups is 1. The van der Waals surface area contributed by atoms with Crippen LogP contribution >= 0.6 is 0 Å². The van der Waals surface area contributed by atoms with Crippen molar-refractivity contribution in [3.63, 3.8) is 0 Å². The second-order valence-electron chi connectivity index (χ2n) is 3.94. The topological polar surface area (TPSA) is 41.6 Å². The van der Waals surface area contributed by atoms with Crippen LogP contribution in [0, 0.1) is 0 Å². The Morgan fingerprint density at radius 1 is 1.57 bits per heavy atom. The SMILES string of the molecule is CCN(C(=O)[C@@H]1CCCO1)C1CNC1. The lowest BCUT2D eigenvalue weighted by Crippen LogP contribution is -2.60. The molecule has 0 bridgehead atoms. The maximum absolute atomic E-state index is 12.0. The van der Waals surface area contributed by atoms with Crippen LogP contribution in [-0.4, -0.2) is 49.2 Å². The lowest BCUT2D eigenvalue weighted by atomic mass is 10.1. The van der Waals surface area contributed by atoms with E-state index >= 15 is 0 Å². The van der Waals surface area contributed by atoms with Crippen LogP contribution < -0.4 is 5.32 Å². The Labute approximate surface area is 84.6 Å². The molecule has 0 saturated carbocycles. The Morgan fingerprint density at radius 3 is 2.79 bits per heavy atom. The highest BCUT2D eigenvalue weighted by molar-refractivity contribution is 5.81. The van der Waals surface area contributed by atoms with E-state index in [1.54, 1.807) is 0 Å². The Morgan fingerprint density at radius 2 is 2.36 bits per heavy atom. The largest absolute Gasteiger partial charge is 0.368 e. The van der Waals surface area contributed by atoms with Gasteiger partial charge in [-0.1, -0.05) is 0 Å². The molecule has 0 radical (unpaired) electrons. The molecular weight excluding hydrogens is 180 g/mol. The molecule has 1 N–H and O–H groups in total. The predicted octanol–water partition coefficient (Wildman–Crippen LogP) is -0.0143. The lowest BCUT2D eigenvalue weighted by Gasteiger charge is -2.38. The van der Waals surface area contributed by atoms with E-state index in [4.69, 9.17) is 4.74 Å². The van der Waals surface area contributed by atoms with E-state index in [0.29, 0.717) is 6.04 Å². The second kappa shape index (κ2) is 4.28.